The lowest BCUT2D eigenvalue weighted by atomic mass is 9.93. The third-order valence-electron chi connectivity index (χ3n) is 4.87. The Morgan fingerprint density at radius 3 is 2.18 bits per heavy atom. The number of unbranched alkanes of at least 4 members (excludes halogenated alkanes) is 2. The lowest BCUT2D eigenvalue weighted by Crippen LogP contribution is -2.31. The smallest absolute Gasteiger partial charge is 0.310 e. The number of carbonyl (C=O) groups is 2. The molecule has 2 atom stereocenters. The third-order valence-corrected chi connectivity index (χ3v) is 5.73. The van der Waals surface area contributed by atoms with E-state index in [1.807, 2.05) is 6.92 Å². The average molecular weight is 414 g/mol. The van der Waals surface area contributed by atoms with Gasteiger partial charge in [0.05, 0.1) is 10.8 Å². The van der Waals surface area contributed by atoms with Gasteiger partial charge in [0, 0.05) is 12.5 Å². The Morgan fingerprint density at radius 2 is 1.68 bits per heavy atom. The van der Waals surface area contributed by atoms with E-state index in [0.717, 1.165) is 25.7 Å². The molecule has 28 heavy (non-hydrogen) atoms. The standard InChI is InChI=1S/C20H31NO6S/c1-3-5-8-15(4-2)19(22)21-14-7-6-9-18(20(23)24)16-10-12-17(13-11-16)28(25,26)27/h10-13,15,18H,3-9,14H2,1-2H3,(H,21,22)(H,23,24)(H,25,26,27). The fourth-order valence-electron chi connectivity index (χ4n) is 3.11. The van der Waals surface area contributed by atoms with Gasteiger partial charge in [-0.1, -0.05) is 45.2 Å². The second-order valence-electron chi connectivity index (χ2n) is 6.97. The highest BCUT2D eigenvalue weighted by Gasteiger charge is 2.20. The summed E-state index contributed by atoms with van der Waals surface area (Å²) in [6.07, 6.45) is 5.45. The molecule has 0 aliphatic carbocycles. The molecule has 1 amide bonds. The van der Waals surface area contributed by atoms with Crippen LogP contribution in [0.1, 0.15) is 70.3 Å². The molecule has 7 nitrogen and oxygen atoms in total. The predicted octanol–water partition coefficient (Wildman–Crippen LogP) is 3.60. The molecule has 0 aliphatic rings. The minimum absolute atomic E-state index is 0.0352. The van der Waals surface area contributed by atoms with Crippen LogP contribution in [0.15, 0.2) is 29.2 Å². The van der Waals surface area contributed by atoms with Gasteiger partial charge in [-0.2, -0.15) is 8.42 Å². The van der Waals surface area contributed by atoms with E-state index in [9.17, 15) is 23.1 Å². The van der Waals surface area contributed by atoms with Gasteiger partial charge in [-0.25, -0.2) is 0 Å². The van der Waals surface area contributed by atoms with E-state index in [1.54, 1.807) is 0 Å². The molecule has 8 heteroatoms. The van der Waals surface area contributed by atoms with Crippen molar-refractivity contribution in [2.45, 2.75) is 69.6 Å². The number of rotatable bonds is 13. The molecule has 0 aliphatic heterocycles. The van der Waals surface area contributed by atoms with Gasteiger partial charge in [0.15, 0.2) is 0 Å². The molecule has 0 spiro atoms. The van der Waals surface area contributed by atoms with Crippen LogP contribution < -0.4 is 5.32 Å². The summed E-state index contributed by atoms with van der Waals surface area (Å²) in [5.41, 5.74) is 0.481. The van der Waals surface area contributed by atoms with Gasteiger partial charge in [0.2, 0.25) is 5.91 Å². The summed E-state index contributed by atoms with van der Waals surface area (Å²) < 4.78 is 31.2. The van der Waals surface area contributed by atoms with Gasteiger partial charge in [0.25, 0.3) is 10.1 Å². The Kier molecular flexibility index (Phi) is 10.2. The topological polar surface area (TPSA) is 121 Å². The van der Waals surface area contributed by atoms with Crippen LogP contribution in [-0.4, -0.2) is 36.5 Å². The summed E-state index contributed by atoms with van der Waals surface area (Å²) in [5.74, 6) is -1.66. The first kappa shape index (κ1) is 24.1. The highest BCUT2D eigenvalue weighted by Crippen LogP contribution is 2.24. The second-order valence-corrected chi connectivity index (χ2v) is 8.39. The van der Waals surface area contributed by atoms with Gasteiger partial charge in [0.1, 0.15) is 0 Å². The molecule has 0 bridgehead atoms. The molecule has 0 aromatic heterocycles. The zero-order chi connectivity index (χ0) is 21.2. The molecule has 0 saturated carbocycles. The van der Waals surface area contributed by atoms with Crippen molar-refractivity contribution in [3.05, 3.63) is 29.8 Å². The van der Waals surface area contributed by atoms with Crippen LogP contribution in [-0.2, 0) is 19.7 Å². The monoisotopic (exact) mass is 413 g/mol. The van der Waals surface area contributed by atoms with Crippen molar-refractivity contribution in [3.8, 4) is 0 Å². The van der Waals surface area contributed by atoms with Crippen LogP contribution in [0.4, 0.5) is 0 Å². The summed E-state index contributed by atoms with van der Waals surface area (Å²) in [5, 5.41) is 12.4. The minimum atomic E-state index is -4.30. The van der Waals surface area contributed by atoms with Crippen molar-refractivity contribution < 1.29 is 27.7 Å². The second kappa shape index (κ2) is 11.8. The number of carboxylic acids is 1. The largest absolute Gasteiger partial charge is 0.481 e. The molecule has 0 fully saturated rings. The van der Waals surface area contributed by atoms with E-state index in [4.69, 9.17) is 4.55 Å². The highest BCUT2D eigenvalue weighted by atomic mass is 32.2. The van der Waals surface area contributed by atoms with Crippen LogP contribution in [0.3, 0.4) is 0 Å². The fourth-order valence-corrected chi connectivity index (χ4v) is 3.59. The summed E-state index contributed by atoms with van der Waals surface area (Å²) >= 11 is 0. The number of benzene rings is 1. The summed E-state index contributed by atoms with van der Waals surface area (Å²) in [4.78, 5) is 23.4. The Bertz CT molecular complexity index is 730. The van der Waals surface area contributed by atoms with E-state index >= 15 is 0 Å². The van der Waals surface area contributed by atoms with Gasteiger partial charge in [-0.15, -0.1) is 0 Å². The van der Waals surface area contributed by atoms with Crippen molar-refractivity contribution in [2.24, 2.45) is 5.92 Å². The molecule has 0 radical (unpaired) electrons. The fraction of sp³-hybridized carbons (Fsp3) is 0.600. The summed E-state index contributed by atoms with van der Waals surface area (Å²) in [7, 11) is -4.30. The van der Waals surface area contributed by atoms with Crippen LogP contribution in [0, 0.1) is 5.92 Å². The maximum Gasteiger partial charge on any atom is 0.310 e. The Hall–Kier alpha value is -1.93. The molecule has 0 saturated heterocycles. The molecule has 158 valence electrons. The normalized spacial score (nSPS) is 13.7. The maximum absolute atomic E-state index is 12.1. The van der Waals surface area contributed by atoms with Crippen molar-refractivity contribution in [1.29, 1.82) is 0 Å². The van der Waals surface area contributed by atoms with E-state index < -0.39 is 22.0 Å². The van der Waals surface area contributed by atoms with Crippen molar-refractivity contribution in [2.75, 3.05) is 6.54 Å². The SMILES string of the molecule is CCCCC(CC)C(=O)NCCCCC(C(=O)O)c1ccc(S(=O)(=O)O)cc1. The minimum Gasteiger partial charge on any atom is -0.481 e. The van der Waals surface area contributed by atoms with Gasteiger partial charge < -0.3 is 10.4 Å². The van der Waals surface area contributed by atoms with E-state index in [2.05, 4.69) is 12.2 Å². The van der Waals surface area contributed by atoms with Gasteiger partial charge in [-0.05, 0) is 43.4 Å². The molecule has 3 N–H and O–H groups in total. The van der Waals surface area contributed by atoms with Gasteiger partial charge in [-0.3, -0.25) is 14.1 Å². The first-order valence-electron chi connectivity index (χ1n) is 9.78. The summed E-state index contributed by atoms with van der Waals surface area (Å²) in [6.45, 7) is 4.61. The number of aliphatic carboxylic acids is 1. The zero-order valence-corrected chi connectivity index (χ0v) is 17.4. The number of carboxylic acid groups (broad SMARTS) is 1. The molecule has 1 aromatic carbocycles. The Morgan fingerprint density at radius 1 is 1.04 bits per heavy atom. The number of hydrogen-bond donors (Lipinski definition) is 3. The van der Waals surface area contributed by atoms with Crippen molar-refractivity contribution in [3.63, 3.8) is 0 Å². The predicted molar refractivity (Wildman–Crippen MR) is 107 cm³/mol. The van der Waals surface area contributed by atoms with Gasteiger partial charge >= 0.3 is 5.97 Å². The summed E-state index contributed by atoms with van der Waals surface area (Å²) in [6, 6.07) is 5.20. The van der Waals surface area contributed by atoms with Crippen LogP contribution in [0.25, 0.3) is 0 Å². The average Bonchev–Trinajstić information content (AvgIpc) is 2.64. The Labute approximate surface area is 167 Å². The molecular formula is C20H31NO6S. The van der Waals surface area contributed by atoms with Crippen molar-refractivity contribution in [1.82, 2.24) is 5.32 Å². The van der Waals surface area contributed by atoms with Crippen LogP contribution in [0.2, 0.25) is 0 Å². The first-order valence-corrected chi connectivity index (χ1v) is 11.2. The van der Waals surface area contributed by atoms with E-state index in [-0.39, 0.29) is 16.7 Å². The molecule has 1 rings (SSSR count). The lowest BCUT2D eigenvalue weighted by Gasteiger charge is -2.15. The Balaban J connectivity index is 2.50. The van der Waals surface area contributed by atoms with E-state index in [0.29, 0.717) is 31.4 Å². The molecule has 0 heterocycles. The van der Waals surface area contributed by atoms with Crippen LogP contribution in [0.5, 0.6) is 0 Å². The number of amides is 1. The van der Waals surface area contributed by atoms with E-state index in [1.165, 1.54) is 24.3 Å². The zero-order valence-electron chi connectivity index (χ0n) is 16.6. The number of nitrogens with one attached hydrogen (secondary N) is 1. The number of carbonyl (C=O) groups excluding carboxylic acids is 1. The highest BCUT2D eigenvalue weighted by molar-refractivity contribution is 7.85. The quantitative estimate of drug-likeness (QED) is 0.336. The number of hydrogen-bond acceptors (Lipinski definition) is 4. The maximum atomic E-state index is 12.1. The molecule has 1 aromatic rings. The lowest BCUT2D eigenvalue weighted by molar-refractivity contribution is -0.139. The van der Waals surface area contributed by atoms with Crippen molar-refractivity contribution >= 4 is 22.0 Å². The molecule has 2 unspecified atom stereocenters. The molecular weight excluding hydrogens is 382 g/mol. The first-order chi connectivity index (χ1) is 13.2. The van der Waals surface area contributed by atoms with Crippen LogP contribution >= 0.6 is 0 Å². The third kappa shape index (κ3) is 7.98.